The minimum atomic E-state index is 1.10. The first kappa shape index (κ1) is 49.0. The van der Waals surface area contributed by atoms with Gasteiger partial charge < -0.3 is 10.2 Å². The van der Waals surface area contributed by atoms with E-state index in [1.54, 1.807) is 0 Å². The van der Waals surface area contributed by atoms with Crippen LogP contribution in [0, 0.1) is 0 Å². The molecule has 0 bridgehead atoms. The maximum atomic E-state index is 3.63. The largest absolute Gasteiger partial charge is 0.354 e. The summed E-state index contributed by atoms with van der Waals surface area (Å²) in [7, 11) is 0. The average molecular weight is 1080 g/mol. The van der Waals surface area contributed by atoms with Crippen LogP contribution in [0.2, 0.25) is 0 Å². The van der Waals surface area contributed by atoms with E-state index >= 15 is 0 Å². The summed E-state index contributed by atoms with van der Waals surface area (Å²) < 4.78 is 5.22. The van der Waals surface area contributed by atoms with Crippen LogP contribution in [0.5, 0.6) is 0 Å². The van der Waals surface area contributed by atoms with Crippen molar-refractivity contribution in [2.75, 3.05) is 10.2 Å². The van der Waals surface area contributed by atoms with E-state index in [0.29, 0.717) is 0 Å². The molecule has 82 heavy (non-hydrogen) atoms. The van der Waals surface area contributed by atoms with Gasteiger partial charge in [0.15, 0.2) is 0 Å². The van der Waals surface area contributed by atoms with Crippen LogP contribution < -0.4 is 10.2 Å². The Kier molecular flexibility index (Phi) is 12.6. The highest BCUT2D eigenvalue weighted by Gasteiger charge is 2.20. The zero-order valence-corrected chi connectivity index (χ0v) is 46.3. The van der Waals surface area contributed by atoms with Crippen molar-refractivity contribution in [3.63, 3.8) is 0 Å². The number of nitrogens with zero attached hydrogens (tertiary/aromatic N) is 1. The molecule has 0 aliphatic rings. The van der Waals surface area contributed by atoms with Crippen molar-refractivity contribution in [3.8, 4) is 44.5 Å². The Balaban J connectivity index is 0.000000162. The van der Waals surface area contributed by atoms with Gasteiger partial charge in [0.05, 0.1) is 20.8 Å². The predicted molar refractivity (Wildman–Crippen MR) is 357 cm³/mol. The summed E-state index contributed by atoms with van der Waals surface area (Å²) in [6.07, 6.45) is 0. The number of hydrogen-bond donors (Lipinski definition) is 1. The second kappa shape index (κ2) is 21.2. The second-order valence-electron chi connectivity index (χ2n) is 20.8. The van der Waals surface area contributed by atoms with Gasteiger partial charge in [-0.2, -0.15) is 0 Å². The van der Waals surface area contributed by atoms with Crippen LogP contribution >= 0.6 is 22.7 Å². The third-order valence-electron chi connectivity index (χ3n) is 15.9. The summed E-state index contributed by atoms with van der Waals surface area (Å²) in [5, 5.41) is 16.5. The highest BCUT2D eigenvalue weighted by Crippen LogP contribution is 2.47. The first-order valence-corrected chi connectivity index (χ1v) is 29.5. The van der Waals surface area contributed by atoms with Crippen molar-refractivity contribution >= 4 is 124 Å². The molecule has 2 nitrogen and oxygen atoms in total. The molecule has 0 saturated carbocycles. The van der Waals surface area contributed by atoms with E-state index in [-0.39, 0.29) is 0 Å². The number of fused-ring (bicyclic) bond motifs is 9. The van der Waals surface area contributed by atoms with Crippen LogP contribution in [0.15, 0.2) is 309 Å². The van der Waals surface area contributed by atoms with E-state index in [1.165, 1.54) is 123 Å². The lowest BCUT2D eigenvalue weighted by Crippen LogP contribution is -2.10. The Morgan fingerprint density at radius 3 is 1.22 bits per heavy atom. The van der Waals surface area contributed by atoms with E-state index in [4.69, 9.17) is 0 Å². The quantitative estimate of drug-likeness (QED) is 0.155. The van der Waals surface area contributed by atoms with Crippen molar-refractivity contribution < 1.29 is 0 Å². The van der Waals surface area contributed by atoms with Crippen molar-refractivity contribution in [1.82, 2.24) is 0 Å². The molecule has 16 aromatic rings. The Hall–Kier alpha value is -10.1. The maximum absolute atomic E-state index is 3.63. The third-order valence-corrected chi connectivity index (χ3v) is 18.4. The Morgan fingerprint density at radius 1 is 0.256 bits per heavy atom. The number of nitrogens with one attached hydrogen (secondary N) is 1. The maximum Gasteiger partial charge on any atom is 0.0640 e. The van der Waals surface area contributed by atoms with Crippen LogP contribution in [0.25, 0.3) is 117 Å². The SMILES string of the molecule is c1ccc(-c2cccc3cccc(-c4ccc(N(c5ccc(-c6cccc7ccccc67)cc5)c5cccc6c5sc5ccccc56)cc4)c23)cc1.c1ccc2c(-c3ccc(Nc4cccc5c4sc4ccccc45)cc3)cccc2c1. The van der Waals surface area contributed by atoms with Gasteiger partial charge in [0, 0.05) is 48.0 Å². The molecule has 2 aromatic heterocycles. The van der Waals surface area contributed by atoms with Gasteiger partial charge in [-0.1, -0.05) is 249 Å². The fourth-order valence-electron chi connectivity index (χ4n) is 12.0. The van der Waals surface area contributed by atoms with Crippen LogP contribution in [0.3, 0.4) is 0 Å². The van der Waals surface area contributed by atoms with Crippen LogP contribution in [0.4, 0.5) is 28.4 Å². The molecule has 0 spiro atoms. The van der Waals surface area contributed by atoms with E-state index < -0.39 is 0 Å². The number of rotatable bonds is 9. The Morgan fingerprint density at radius 2 is 0.646 bits per heavy atom. The van der Waals surface area contributed by atoms with Gasteiger partial charge >= 0.3 is 0 Å². The van der Waals surface area contributed by atoms with Gasteiger partial charge in [-0.3, -0.25) is 0 Å². The minimum Gasteiger partial charge on any atom is -0.354 e. The monoisotopic (exact) mass is 1080 g/mol. The lowest BCUT2D eigenvalue weighted by Gasteiger charge is -2.26. The molecular formula is C78H52N2S2. The molecule has 2 heterocycles. The van der Waals surface area contributed by atoms with Crippen molar-refractivity contribution in [1.29, 1.82) is 0 Å². The molecule has 0 radical (unpaired) electrons. The number of hydrogen-bond acceptors (Lipinski definition) is 4. The van der Waals surface area contributed by atoms with Gasteiger partial charge in [0.1, 0.15) is 0 Å². The molecule has 16 rings (SSSR count). The number of anilines is 5. The van der Waals surface area contributed by atoms with Gasteiger partial charge in [-0.05, 0) is 137 Å². The molecule has 1 N–H and O–H groups in total. The number of thiophene rings is 2. The molecular weight excluding hydrogens is 1030 g/mol. The summed E-state index contributed by atoms with van der Waals surface area (Å²) >= 11 is 3.71. The minimum absolute atomic E-state index is 1.10. The average Bonchev–Trinajstić information content (AvgIpc) is 4.32. The first-order valence-electron chi connectivity index (χ1n) is 27.9. The summed E-state index contributed by atoms with van der Waals surface area (Å²) in [5.41, 5.74) is 15.6. The van der Waals surface area contributed by atoms with Crippen LogP contribution in [-0.2, 0) is 0 Å². The Bertz CT molecular complexity index is 4980. The van der Waals surface area contributed by atoms with E-state index in [9.17, 15) is 0 Å². The summed E-state index contributed by atoms with van der Waals surface area (Å²) in [5.74, 6) is 0. The molecule has 0 aliphatic carbocycles. The van der Waals surface area contributed by atoms with E-state index in [2.05, 4.69) is 320 Å². The van der Waals surface area contributed by atoms with E-state index in [0.717, 1.165) is 22.7 Å². The lowest BCUT2D eigenvalue weighted by atomic mass is 9.91. The lowest BCUT2D eigenvalue weighted by molar-refractivity contribution is 1.30. The predicted octanol–water partition coefficient (Wildman–Crippen LogP) is 23.5. The third kappa shape index (κ3) is 9.01. The van der Waals surface area contributed by atoms with Gasteiger partial charge in [0.25, 0.3) is 0 Å². The zero-order valence-electron chi connectivity index (χ0n) is 44.7. The molecule has 14 aromatic carbocycles. The highest BCUT2D eigenvalue weighted by atomic mass is 32.1. The molecule has 0 fully saturated rings. The van der Waals surface area contributed by atoms with Crippen molar-refractivity contribution in [2.24, 2.45) is 0 Å². The zero-order chi connectivity index (χ0) is 54.3. The first-order chi connectivity index (χ1) is 40.7. The van der Waals surface area contributed by atoms with Gasteiger partial charge in [-0.15, -0.1) is 22.7 Å². The van der Waals surface area contributed by atoms with E-state index in [1.807, 2.05) is 22.7 Å². The smallest absolute Gasteiger partial charge is 0.0640 e. The topological polar surface area (TPSA) is 15.3 Å². The fourth-order valence-corrected chi connectivity index (χ4v) is 14.4. The fraction of sp³-hybridized carbons (Fsp3) is 0. The normalized spacial score (nSPS) is 11.4. The summed E-state index contributed by atoms with van der Waals surface area (Å²) in [4.78, 5) is 2.42. The van der Waals surface area contributed by atoms with Crippen molar-refractivity contribution in [2.45, 2.75) is 0 Å². The summed E-state index contributed by atoms with van der Waals surface area (Å²) in [6, 6.07) is 112. The van der Waals surface area contributed by atoms with Crippen LogP contribution in [0.1, 0.15) is 0 Å². The molecule has 386 valence electrons. The molecule has 0 amide bonds. The van der Waals surface area contributed by atoms with Gasteiger partial charge in [-0.25, -0.2) is 0 Å². The highest BCUT2D eigenvalue weighted by molar-refractivity contribution is 7.26. The molecule has 0 atom stereocenters. The summed E-state index contributed by atoms with van der Waals surface area (Å²) in [6.45, 7) is 0. The molecule has 0 aliphatic heterocycles. The Labute approximate surface area is 484 Å². The molecule has 0 saturated heterocycles. The standard InChI is InChI=1S/C50H33NS.C28H19NS/c1-2-12-35(13-3-1)43-21-9-16-38-17-10-22-44(49(38)43)37-28-32-40(33-29-37)51(47-24-11-23-46-45-19-6-7-25-48(45)52-50(46)47)39-30-26-36(27-31-39)42-20-8-15-34-14-4-5-18-41(34)42;1-2-9-22-19(7-1)8-5-11-23(22)20-15-17-21(18-16-20)29-26-13-6-12-25-24-10-3-4-14-27(24)30-28(25)26/h1-33H;1-18,29H. The second-order valence-corrected chi connectivity index (χ2v) is 22.9. The van der Waals surface area contributed by atoms with Crippen molar-refractivity contribution in [3.05, 3.63) is 309 Å². The molecule has 0 unspecified atom stereocenters. The van der Waals surface area contributed by atoms with Crippen LogP contribution in [-0.4, -0.2) is 0 Å². The molecule has 4 heteroatoms. The van der Waals surface area contributed by atoms with Gasteiger partial charge in [0.2, 0.25) is 0 Å². The number of benzene rings is 14.